The molecule has 5 nitrogen and oxygen atoms in total. The van der Waals surface area contributed by atoms with E-state index in [1.54, 1.807) is 12.1 Å². The number of aliphatic hydroxyl groups is 1. The van der Waals surface area contributed by atoms with E-state index in [4.69, 9.17) is 4.74 Å². The van der Waals surface area contributed by atoms with Gasteiger partial charge in [-0.1, -0.05) is 22.0 Å². The number of carbonyl (C=O) groups is 1. The molecule has 2 N–H and O–H groups in total. The lowest BCUT2D eigenvalue weighted by molar-refractivity contribution is 0.0655. The highest BCUT2D eigenvalue weighted by atomic mass is 79.9. The number of likely N-dealkylation sites (tertiary alicyclic amines) is 1. The summed E-state index contributed by atoms with van der Waals surface area (Å²) in [5.74, 6) is 0. The van der Waals surface area contributed by atoms with E-state index in [9.17, 15) is 9.90 Å². The molecule has 20 heavy (non-hydrogen) atoms. The van der Waals surface area contributed by atoms with E-state index < -0.39 is 11.7 Å². The van der Waals surface area contributed by atoms with Crippen molar-refractivity contribution in [3.63, 3.8) is 0 Å². The number of hydrogen-bond acceptors (Lipinski definition) is 4. The third kappa shape index (κ3) is 4.77. The first kappa shape index (κ1) is 15.3. The van der Waals surface area contributed by atoms with Crippen LogP contribution in [0.5, 0.6) is 0 Å². The van der Waals surface area contributed by atoms with Gasteiger partial charge in [0.15, 0.2) is 0 Å². The summed E-state index contributed by atoms with van der Waals surface area (Å²) in [6.07, 6.45) is 0.297. The zero-order chi connectivity index (χ0) is 14.6. The Morgan fingerprint density at radius 1 is 1.60 bits per heavy atom. The van der Waals surface area contributed by atoms with E-state index in [0.29, 0.717) is 25.4 Å². The predicted octanol–water partition coefficient (Wildman–Crippen LogP) is 2.45. The van der Waals surface area contributed by atoms with Gasteiger partial charge < -0.3 is 9.84 Å². The molecule has 6 heteroatoms. The normalized spacial score (nSPS) is 22.8. The quantitative estimate of drug-likeness (QED) is 0.882. The van der Waals surface area contributed by atoms with Crippen molar-refractivity contribution in [1.82, 2.24) is 4.90 Å². The third-order valence-electron chi connectivity index (χ3n) is 3.24. The molecule has 0 aromatic heterocycles. The van der Waals surface area contributed by atoms with Crippen molar-refractivity contribution in [2.24, 2.45) is 0 Å². The first-order valence-corrected chi connectivity index (χ1v) is 7.38. The standard InChI is InChI=1S/C14H19BrN2O3/c1-14(19)5-6-17(10-14)7-8-20-13(18)16-12-4-2-3-11(15)9-12/h2-4,9,19H,5-8,10H2,1H3,(H,16,18). The topological polar surface area (TPSA) is 61.8 Å². The molecule has 1 heterocycles. The molecule has 1 amide bonds. The number of nitrogens with zero attached hydrogens (tertiary/aromatic N) is 1. The van der Waals surface area contributed by atoms with Gasteiger partial charge in [0, 0.05) is 29.8 Å². The lowest BCUT2D eigenvalue weighted by Crippen LogP contribution is -2.32. The lowest BCUT2D eigenvalue weighted by atomic mass is 10.1. The van der Waals surface area contributed by atoms with Crippen molar-refractivity contribution in [3.05, 3.63) is 28.7 Å². The summed E-state index contributed by atoms with van der Waals surface area (Å²) in [7, 11) is 0. The highest BCUT2D eigenvalue weighted by molar-refractivity contribution is 9.10. The van der Waals surface area contributed by atoms with Crippen LogP contribution >= 0.6 is 15.9 Å². The number of nitrogens with one attached hydrogen (secondary N) is 1. The second-order valence-corrected chi connectivity index (χ2v) is 6.21. The van der Waals surface area contributed by atoms with Gasteiger partial charge in [0.1, 0.15) is 6.61 Å². The molecule has 110 valence electrons. The minimum absolute atomic E-state index is 0.315. The van der Waals surface area contributed by atoms with Crippen molar-refractivity contribution < 1.29 is 14.6 Å². The monoisotopic (exact) mass is 342 g/mol. The van der Waals surface area contributed by atoms with E-state index in [0.717, 1.165) is 17.4 Å². The van der Waals surface area contributed by atoms with Crippen molar-refractivity contribution in [2.45, 2.75) is 18.9 Å². The van der Waals surface area contributed by atoms with Crippen LogP contribution in [-0.4, -0.2) is 47.9 Å². The molecule has 0 bridgehead atoms. The minimum atomic E-state index is -0.613. The smallest absolute Gasteiger partial charge is 0.411 e. The predicted molar refractivity (Wildman–Crippen MR) is 80.8 cm³/mol. The summed E-state index contributed by atoms with van der Waals surface area (Å²) >= 11 is 3.34. The summed E-state index contributed by atoms with van der Waals surface area (Å²) in [5, 5.41) is 12.5. The molecule has 1 aromatic carbocycles. The van der Waals surface area contributed by atoms with Crippen LogP contribution < -0.4 is 5.32 Å². The van der Waals surface area contributed by atoms with Crippen LogP contribution in [0, 0.1) is 0 Å². The largest absolute Gasteiger partial charge is 0.448 e. The van der Waals surface area contributed by atoms with Crippen LogP contribution in [0.25, 0.3) is 0 Å². The van der Waals surface area contributed by atoms with Crippen LogP contribution in [0.4, 0.5) is 10.5 Å². The van der Waals surface area contributed by atoms with E-state index in [-0.39, 0.29) is 0 Å². The SMILES string of the molecule is CC1(O)CCN(CCOC(=O)Nc2cccc(Br)c2)C1. The van der Waals surface area contributed by atoms with Gasteiger partial charge in [-0.15, -0.1) is 0 Å². The summed E-state index contributed by atoms with van der Waals surface area (Å²) in [5.41, 5.74) is 0.0759. The van der Waals surface area contributed by atoms with Gasteiger partial charge in [0.05, 0.1) is 5.60 Å². The average Bonchev–Trinajstić information content (AvgIpc) is 2.69. The maximum atomic E-state index is 11.6. The first-order chi connectivity index (χ1) is 9.44. The molecule has 0 radical (unpaired) electrons. The molecule has 1 aromatic rings. The van der Waals surface area contributed by atoms with Crippen LogP contribution in [0.2, 0.25) is 0 Å². The fraction of sp³-hybridized carbons (Fsp3) is 0.500. The van der Waals surface area contributed by atoms with Gasteiger partial charge in [-0.3, -0.25) is 10.2 Å². The fourth-order valence-electron chi connectivity index (χ4n) is 2.22. The van der Waals surface area contributed by atoms with Crippen molar-refractivity contribution in [2.75, 3.05) is 31.6 Å². The van der Waals surface area contributed by atoms with Gasteiger partial charge in [0.25, 0.3) is 0 Å². The summed E-state index contributed by atoms with van der Waals surface area (Å²) in [6.45, 7) is 4.25. The second-order valence-electron chi connectivity index (χ2n) is 5.29. The summed E-state index contributed by atoms with van der Waals surface area (Å²) in [6, 6.07) is 7.32. The van der Waals surface area contributed by atoms with Crippen LogP contribution in [0.3, 0.4) is 0 Å². The lowest BCUT2D eigenvalue weighted by Gasteiger charge is -2.18. The molecule has 1 saturated heterocycles. The van der Waals surface area contributed by atoms with Gasteiger partial charge >= 0.3 is 6.09 Å². The van der Waals surface area contributed by atoms with Crippen molar-refractivity contribution in [3.8, 4) is 0 Å². The number of benzene rings is 1. The molecule has 1 aliphatic rings. The highest BCUT2D eigenvalue weighted by Gasteiger charge is 2.30. The Bertz CT molecular complexity index is 479. The van der Waals surface area contributed by atoms with Crippen LogP contribution in [0.1, 0.15) is 13.3 Å². The molecule has 0 spiro atoms. The number of hydrogen-bond donors (Lipinski definition) is 2. The van der Waals surface area contributed by atoms with E-state index in [1.807, 2.05) is 19.1 Å². The fourth-order valence-corrected chi connectivity index (χ4v) is 2.62. The van der Waals surface area contributed by atoms with Gasteiger partial charge in [-0.25, -0.2) is 4.79 Å². The second kappa shape index (κ2) is 6.56. The van der Waals surface area contributed by atoms with Crippen molar-refractivity contribution >= 4 is 27.7 Å². The Labute approximate surface area is 127 Å². The molecule has 1 unspecified atom stereocenters. The number of carbonyl (C=O) groups excluding carboxylic acids is 1. The Balaban J connectivity index is 1.68. The number of amides is 1. The Hall–Kier alpha value is -1.11. The molecule has 2 rings (SSSR count). The number of β-amino-alcohol motifs (C(OH)–C–C–N with tert-alkyl or cyclic N) is 1. The molecule has 1 fully saturated rings. The van der Waals surface area contributed by atoms with Crippen LogP contribution in [0.15, 0.2) is 28.7 Å². The van der Waals surface area contributed by atoms with E-state index >= 15 is 0 Å². The Morgan fingerprint density at radius 2 is 2.40 bits per heavy atom. The number of ether oxygens (including phenoxy) is 1. The molecular formula is C14H19BrN2O3. The van der Waals surface area contributed by atoms with Crippen molar-refractivity contribution in [1.29, 1.82) is 0 Å². The van der Waals surface area contributed by atoms with Gasteiger partial charge in [0.2, 0.25) is 0 Å². The molecule has 0 saturated carbocycles. The van der Waals surface area contributed by atoms with E-state index in [1.165, 1.54) is 0 Å². The number of anilines is 1. The molecular weight excluding hydrogens is 324 g/mol. The molecule has 0 aliphatic carbocycles. The first-order valence-electron chi connectivity index (χ1n) is 6.59. The zero-order valence-corrected chi connectivity index (χ0v) is 13.0. The summed E-state index contributed by atoms with van der Waals surface area (Å²) < 4.78 is 6.03. The third-order valence-corrected chi connectivity index (χ3v) is 3.74. The summed E-state index contributed by atoms with van der Waals surface area (Å²) in [4.78, 5) is 13.7. The Kier molecular flexibility index (Phi) is 5.01. The number of halogens is 1. The van der Waals surface area contributed by atoms with Gasteiger partial charge in [-0.2, -0.15) is 0 Å². The molecule has 1 aliphatic heterocycles. The molecule has 1 atom stereocenters. The van der Waals surface area contributed by atoms with Gasteiger partial charge in [-0.05, 0) is 31.5 Å². The highest BCUT2D eigenvalue weighted by Crippen LogP contribution is 2.19. The maximum Gasteiger partial charge on any atom is 0.411 e. The average molecular weight is 343 g/mol. The number of rotatable bonds is 4. The van der Waals surface area contributed by atoms with E-state index in [2.05, 4.69) is 26.1 Å². The Morgan fingerprint density at radius 3 is 3.05 bits per heavy atom. The maximum absolute atomic E-state index is 11.6. The zero-order valence-electron chi connectivity index (χ0n) is 11.4. The minimum Gasteiger partial charge on any atom is -0.448 e. The van der Waals surface area contributed by atoms with Crippen LogP contribution in [-0.2, 0) is 4.74 Å².